The van der Waals surface area contributed by atoms with Crippen LogP contribution in [0.1, 0.15) is 27.2 Å². The fraction of sp³-hybridized carbons (Fsp3) is 0.789. The van der Waals surface area contributed by atoms with Gasteiger partial charge in [0.1, 0.15) is 12.7 Å². The maximum atomic E-state index is 13.1. The SMILES string of the molecule is COC(=O)C(CC1OC(COC(C)=O)C(C)[C@H](OC(C)=O)[C@H]1NC(=O)C(F)(F)F)P(=O)(OC)OC. The van der Waals surface area contributed by atoms with Gasteiger partial charge in [-0.1, -0.05) is 6.92 Å². The summed E-state index contributed by atoms with van der Waals surface area (Å²) in [6, 6.07) is -1.66. The molecule has 1 fully saturated rings. The van der Waals surface area contributed by atoms with Crippen molar-refractivity contribution in [3.8, 4) is 0 Å². The second-order valence-electron chi connectivity index (χ2n) is 7.63. The molecule has 35 heavy (non-hydrogen) atoms. The molecule has 12 nitrogen and oxygen atoms in total. The number of amides is 1. The molecule has 0 aliphatic carbocycles. The highest BCUT2D eigenvalue weighted by molar-refractivity contribution is 7.55. The van der Waals surface area contributed by atoms with Crippen molar-refractivity contribution in [2.75, 3.05) is 27.9 Å². The molecular formula is C19H29F3NO11P. The predicted octanol–water partition coefficient (Wildman–Crippen LogP) is 1.35. The first kappa shape index (κ1) is 30.8. The number of hydrogen-bond acceptors (Lipinski definition) is 11. The normalized spacial score (nSPS) is 25.8. The highest BCUT2D eigenvalue weighted by Crippen LogP contribution is 2.54. The minimum atomic E-state index is -5.31. The van der Waals surface area contributed by atoms with Crippen LogP contribution in [0.2, 0.25) is 0 Å². The molecule has 0 bridgehead atoms. The molecule has 0 aromatic heterocycles. The Balaban J connectivity index is 3.54. The summed E-state index contributed by atoms with van der Waals surface area (Å²) in [4.78, 5) is 47.3. The van der Waals surface area contributed by atoms with Crippen LogP contribution in [0.3, 0.4) is 0 Å². The molecule has 0 aromatic rings. The predicted molar refractivity (Wildman–Crippen MR) is 110 cm³/mol. The average Bonchev–Trinajstić information content (AvgIpc) is 2.77. The number of rotatable bonds is 10. The Morgan fingerprint density at radius 1 is 1.03 bits per heavy atom. The van der Waals surface area contributed by atoms with E-state index in [4.69, 9.17) is 23.3 Å². The van der Waals surface area contributed by atoms with Crippen molar-refractivity contribution in [2.45, 2.75) is 63.4 Å². The minimum Gasteiger partial charge on any atom is -0.468 e. The van der Waals surface area contributed by atoms with Gasteiger partial charge in [0.15, 0.2) is 5.66 Å². The van der Waals surface area contributed by atoms with Gasteiger partial charge >= 0.3 is 37.6 Å². The number of hydrogen-bond donors (Lipinski definition) is 1. The van der Waals surface area contributed by atoms with Crippen LogP contribution in [-0.2, 0) is 51.7 Å². The second kappa shape index (κ2) is 12.7. The summed E-state index contributed by atoms with van der Waals surface area (Å²) < 4.78 is 82.5. The van der Waals surface area contributed by atoms with Crippen molar-refractivity contribution in [3.63, 3.8) is 0 Å². The molecular weight excluding hydrogens is 506 g/mol. The van der Waals surface area contributed by atoms with Crippen molar-refractivity contribution in [1.29, 1.82) is 0 Å². The molecule has 6 atom stereocenters. The van der Waals surface area contributed by atoms with Gasteiger partial charge in [-0.05, 0) is 0 Å². The van der Waals surface area contributed by atoms with Crippen LogP contribution in [0, 0.1) is 5.92 Å². The molecule has 1 rings (SSSR count). The topological polar surface area (TPSA) is 153 Å². The van der Waals surface area contributed by atoms with Crippen molar-refractivity contribution in [2.24, 2.45) is 5.92 Å². The summed E-state index contributed by atoms with van der Waals surface area (Å²) in [5, 5.41) is 1.73. The van der Waals surface area contributed by atoms with Crippen LogP contribution in [0.15, 0.2) is 0 Å². The zero-order valence-electron chi connectivity index (χ0n) is 20.0. The van der Waals surface area contributed by atoms with Crippen LogP contribution in [-0.4, -0.2) is 87.9 Å². The van der Waals surface area contributed by atoms with Crippen LogP contribution in [0.5, 0.6) is 0 Å². The Hall–Kier alpha value is -2.22. The summed E-state index contributed by atoms with van der Waals surface area (Å²) in [5.74, 6) is -5.93. The van der Waals surface area contributed by atoms with E-state index in [1.807, 2.05) is 0 Å². The van der Waals surface area contributed by atoms with E-state index in [0.29, 0.717) is 0 Å². The van der Waals surface area contributed by atoms with Crippen LogP contribution in [0.25, 0.3) is 0 Å². The summed E-state index contributed by atoms with van der Waals surface area (Å²) in [6.45, 7) is 3.17. The Labute approximate surface area is 199 Å². The molecule has 202 valence electrons. The Bertz CT molecular complexity index is 829. The van der Waals surface area contributed by atoms with Crippen LogP contribution >= 0.6 is 7.60 Å². The molecule has 1 aliphatic rings. The van der Waals surface area contributed by atoms with E-state index in [1.165, 1.54) is 6.92 Å². The highest BCUT2D eigenvalue weighted by Gasteiger charge is 2.53. The van der Waals surface area contributed by atoms with E-state index in [-0.39, 0.29) is 6.61 Å². The van der Waals surface area contributed by atoms with E-state index >= 15 is 0 Å². The lowest BCUT2D eigenvalue weighted by atomic mass is 9.84. The van der Waals surface area contributed by atoms with E-state index in [2.05, 4.69) is 4.74 Å². The molecule has 16 heteroatoms. The molecule has 1 N–H and O–H groups in total. The summed E-state index contributed by atoms with van der Waals surface area (Å²) >= 11 is 0. The van der Waals surface area contributed by atoms with Crippen molar-refractivity contribution >= 4 is 31.4 Å². The smallest absolute Gasteiger partial charge is 0.468 e. The third kappa shape index (κ3) is 8.16. The molecule has 1 heterocycles. The van der Waals surface area contributed by atoms with Gasteiger partial charge in [0.25, 0.3) is 0 Å². The Morgan fingerprint density at radius 2 is 1.60 bits per heavy atom. The molecule has 4 unspecified atom stereocenters. The first-order chi connectivity index (χ1) is 16.1. The maximum Gasteiger partial charge on any atom is 0.471 e. The summed E-state index contributed by atoms with van der Waals surface area (Å²) in [5.41, 5.74) is -1.70. The van der Waals surface area contributed by atoms with E-state index < -0.39 is 79.9 Å². The lowest BCUT2D eigenvalue weighted by Gasteiger charge is -2.46. The maximum absolute atomic E-state index is 13.1. The first-order valence-electron chi connectivity index (χ1n) is 10.2. The zero-order valence-corrected chi connectivity index (χ0v) is 20.8. The minimum absolute atomic E-state index is 0.389. The van der Waals surface area contributed by atoms with Crippen molar-refractivity contribution in [1.82, 2.24) is 5.32 Å². The standard InChI is InChI=1S/C19H29F3NO11P/c1-9-13(8-32-10(2)24)34-12(7-14(17(26)29-4)35(28,30-5)31-6)15(16(9)33-11(3)25)23-18(27)19(20,21)22/h9,12-16H,7-8H2,1-6H3,(H,23,27)/t9?,12?,13?,14?,15-,16-/m0/s1. The quantitative estimate of drug-likeness (QED) is 0.245. The number of methoxy groups -OCH3 is 1. The molecule has 1 aliphatic heterocycles. The van der Waals surface area contributed by atoms with Crippen molar-refractivity contribution in [3.05, 3.63) is 0 Å². The fourth-order valence-electron chi connectivity index (χ4n) is 3.60. The molecule has 1 saturated heterocycles. The van der Waals surface area contributed by atoms with Gasteiger partial charge in [-0.2, -0.15) is 13.2 Å². The number of carbonyl (C=O) groups excluding carboxylic acids is 4. The number of alkyl halides is 3. The lowest BCUT2D eigenvalue weighted by molar-refractivity contribution is -0.201. The Kier molecular flexibility index (Phi) is 11.1. The number of esters is 3. The average molecular weight is 535 g/mol. The summed E-state index contributed by atoms with van der Waals surface area (Å²) in [7, 11) is -1.28. The van der Waals surface area contributed by atoms with Crippen LogP contribution < -0.4 is 5.32 Å². The number of carbonyl (C=O) groups is 4. The van der Waals surface area contributed by atoms with Gasteiger partial charge in [-0.25, -0.2) is 0 Å². The third-order valence-electron chi connectivity index (χ3n) is 5.34. The van der Waals surface area contributed by atoms with Gasteiger partial charge in [0.05, 0.1) is 25.4 Å². The lowest BCUT2D eigenvalue weighted by Crippen LogP contribution is -2.64. The van der Waals surface area contributed by atoms with E-state index in [0.717, 1.165) is 35.2 Å². The molecule has 0 aromatic carbocycles. The molecule has 0 spiro atoms. The summed E-state index contributed by atoms with van der Waals surface area (Å²) in [6.07, 6.45) is -9.93. The Morgan fingerprint density at radius 3 is 2.03 bits per heavy atom. The highest BCUT2D eigenvalue weighted by atomic mass is 31.2. The zero-order chi connectivity index (χ0) is 27.1. The largest absolute Gasteiger partial charge is 0.471 e. The molecule has 0 radical (unpaired) electrons. The molecule has 0 saturated carbocycles. The van der Waals surface area contributed by atoms with Gasteiger partial charge in [0, 0.05) is 40.4 Å². The molecule has 1 amide bonds. The monoisotopic (exact) mass is 535 g/mol. The van der Waals surface area contributed by atoms with Gasteiger partial charge < -0.3 is 33.3 Å². The fourth-order valence-corrected chi connectivity index (χ4v) is 5.08. The number of nitrogens with one attached hydrogen (secondary N) is 1. The second-order valence-corrected chi connectivity index (χ2v) is 10.1. The van der Waals surface area contributed by atoms with Crippen molar-refractivity contribution < 1.29 is 64.9 Å². The van der Waals surface area contributed by atoms with Gasteiger partial charge in [0.2, 0.25) is 0 Å². The van der Waals surface area contributed by atoms with Gasteiger partial charge in [-0.15, -0.1) is 0 Å². The first-order valence-corrected chi connectivity index (χ1v) is 11.8. The number of halogens is 3. The number of ether oxygens (including phenoxy) is 4. The van der Waals surface area contributed by atoms with E-state index in [9.17, 15) is 36.9 Å². The van der Waals surface area contributed by atoms with Crippen LogP contribution in [0.4, 0.5) is 13.2 Å². The van der Waals surface area contributed by atoms with Gasteiger partial charge in [-0.3, -0.25) is 23.7 Å². The van der Waals surface area contributed by atoms with E-state index in [1.54, 1.807) is 5.32 Å². The third-order valence-corrected chi connectivity index (χ3v) is 7.54.